The molecule has 1 fully saturated rings. The highest BCUT2D eigenvalue weighted by atomic mass is 32.2. The molecule has 1 aliphatic heterocycles. The highest BCUT2D eigenvalue weighted by molar-refractivity contribution is 8.01. The number of rotatable bonds is 9. The van der Waals surface area contributed by atoms with Crippen LogP contribution in [0.4, 0.5) is 4.79 Å². The maximum atomic E-state index is 13.3. The van der Waals surface area contributed by atoms with Crippen LogP contribution in [-0.2, 0) is 14.2 Å². The lowest BCUT2D eigenvalue weighted by molar-refractivity contribution is 0.0600. The maximum Gasteiger partial charge on any atom is 0.410 e. The van der Waals surface area contributed by atoms with Crippen LogP contribution in [0.25, 0.3) is 0 Å². The van der Waals surface area contributed by atoms with E-state index in [0.29, 0.717) is 12.1 Å². The number of ether oxygens (including phenoxy) is 2. The summed E-state index contributed by atoms with van der Waals surface area (Å²) in [7, 11) is 1.37. The Kier molecular flexibility index (Phi) is 8.90. The largest absolute Gasteiger partial charge is 0.465 e. The van der Waals surface area contributed by atoms with E-state index in [1.165, 1.54) is 23.8 Å². The molecule has 0 saturated carbocycles. The van der Waals surface area contributed by atoms with E-state index >= 15 is 0 Å². The van der Waals surface area contributed by atoms with Gasteiger partial charge in [-0.15, -0.1) is 11.8 Å². The van der Waals surface area contributed by atoms with Crippen molar-refractivity contribution in [1.82, 2.24) is 4.90 Å². The van der Waals surface area contributed by atoms with Gasteiger partial charge in [-0.25, -0.2) is 9.59 Å². The van der Waals surface area contributed by atoms with E-state index in [0.717, 1.165) is 12.0 Å². The van der Waals surface area contributed by atoms with Gasteiger partial charge in [0.1, 0.15) is 6.61 Å². The summed E-state index contributed by atoms with van der Waals surface area (Å²) >= 11 is 1.87. The number of methoxy groups -OCH3 is 1. The van der Waals surface area contributed by atoms with E-state index in [9.17, 15) is 9.59 Å². The normalized spacial score (nSPS) is 16.7. The molecule has 0 aromatic heterocycles. The van der Waals surface area contributed by atoms with Gasteiger partial charge in [0, 0.05) is 11.8 Å². The number of benzene rings is 4. The minimum absolute atomic E-state index is 0.0807. The van der Waals surface area contributed by atoms with Crippen molar-refractivity contribution >= 4 is 23.8 Å². The average Bonchev–Trinajstić information content (AvgIpc) is 3.47. The Hall–Kier alpha value is -4.29. The quantitative estimate of drug-likeness (QED) is 0.119. The molecule has 1 saturated heterocycles. The number of carbonyl (C=O) groups excluding carboxylic acids is 2. The van der Waals surface area contributed by atoms with Crippen molar-refractivity contribution in [3.05, 3.63) is 156 Å². The number of nitrogens with zero attached hydrogens (tertiary/aromatic N) is 1. The molecule has 0 spiro atoms. The first-order chi connectivity index (χ1) is 20.1. The zero-order valence-corrected chi connectivity index (χ0v) is 23.8. The number of hydrogen-bond donors (Lipinski definition) is 0. The predicted octanol–water partition coefficient (Wildman–Crippen LogP) is 7.64. The fourth-order valence-corrected chi connectivity index (χ4v) is 7.38. The van der Waals surface area contributed by atoms with Crippen LogP contribution in [0.1, 0.15) is 45.1 Å². The van der Waals surface area contributed by atoms with Crippen molar-refractivity contribution in [1.29, 1.82) is 0 Å². The number of carbonyl (C=O) groups is 2. The standard InChI is InChI=1S/C35H33NO4S/c1-3-23-40-34(38)36-25-31(24-32(36)26-19-21-27(22-20-26)33(37)39-2)41-35(28-13-7-4-8-14-28,29-15-9-5-10-16-29)30-17-11-6-12-18-30/h3-22,31-32H,1,23-25H2,2H3/t31-,32+/m0/s1. The summed E-state index contributed by atoms with van der Waals surface area (Å²) in [6, 6.07) is 38.8. The minimum Gasteiger partial charge on any atom is -0.465 e. The van der Waals surface area contributed by atoms with E-state index in [2.05, 4.69) is 79.4 Å². The Balaban J connectivity index is 1.56. The highest BCUT2D eigenvalue weighted by Crippen LogP contribution is 2.53. The molecule has 208 valence electrons. The lowest BCUT2D eigenvalue weighted by Gasteiger charge is -2.37. The first-order valence-electron chi connectivity index (χ1n) is 13.6. The molecular formula is C35H33NO4S. The van der Waals surface area contributed by atoms with Crippen LogP contribution in [0, 0.1) is 0 Å². The van der Waals surface area contributed by atoms with Crippen LogP contribution in [0.3, 0.4) is 0 Å². The molecule has 0 aliphatic carbocycles. The summed E-state index contributed by atoms with van der Waals surface area (Å²) in [6.07, 6.45) is 1.92. The fourth-order valence-electron chi connectivity index (χ4n) is 5.55. The van der Waals surface area contributed by atoms with Crippen molar-refractivity contribution in [2.45, 2.75) is 22.5 Å². The van der Waals surface area contributed by atoms with Gasteiger partial charge in [0.05, 0.1) is 23.5 Å². The fraction of sp³-hybridized carbons (Fsp3) is 0.200. The second-order valence-electron chi connectivity index (χ2n) is 9.90. The number of thioether (sulfide) groups is 1. The molecular weight excluding hydrogens is 530 g/mol. The van der Waals surface area contributed by atoms with Gasteiger partial charge in [-0.1, -0.05) is 116 Å². The lowest BCUT2D eigenvalue weighted by atomic mass is 9.84. The SMILES string of the molecule is C=CCOC(=O)N1C[C@@H](SC(c2ccccc2)(c2ccccc2)c2ccccc2)C[C@@H]1c1ccc(C(=O)OC)cc1. The van der Waals surface area contributed by atoms with Crippen LogP contribution in [0.2, 0.25) is 0 Å². The highest BCUT2D eigenvalue weighted by Gasteiger charge is 2.45. The molecule has 1 aliphatic rings. The molecule has 0 bridgehead atoms. The van der Waals surface area contributed by atoms with Crippen LogP contribution in [0.5, 0.6) is 0 Å². The number of likely N-dealkylation sites (tertiary alicyclic amines) is 1. The van der Waals surface area contributed by atoms with Crippen LogP contribution < -0.4 is 0 Å². The van der Waals surface area contributed by atoms with Gasteiger partial charge in [-0.3, -0.25) is 0 Å². The van der Waals surface area contributed by atoms with Crippen LogP contribution in [-0.4, -0.2) is 42.5 Å². The third-order valence-electron chi connectivity index (χ3n) is 7.42. The zero-order valence-electron chi connectivity index (χ0n) is 23.0. The molecule has 1 amide bonds. The summed E-state index contributed by atoms with van der Waals surface area (Å²) in [6.45, 7) is 4.35. The topological polar surface area (TPSA) is 55.8 Å². The van der Waals surface area contributed by atoms with Gasteiger partial charge in [-0.2, -0.15) is 0 Å². The Morgan fingerprint density at radius 1 is 0.854 bits per heavy atom. The predicted molar refractivity (Wildman–Crippen MR) is 164 cm³/mol. The number of amides is 1. The molecule has 4 aromatic rings. The molecule has 5 rings (SSSR count). The van der Waals surface area contributed by atoms with Crippen molar-refractivity contribution in [3.8, 4) is 0 Å². The third kappa shape index (κ3) is 5.93. The van der Waals surface area contributed by atoms with Gasteiger partial charge < -0.3 is 14.4 Å². The van der Waals surface area contributed by atoms with Gasteiger partial charge in [0.15, 0.2) is 0 Å². The molecule has 5 nitrogen and oxygen atoms in total. The summed E-state index contributed by atoms with van der Waals surface area (Å²) in [4.78, 5) is 27.1. The molecule has 6 heteroatoms. The molecule has 0 N–H and O–H groups in total. The molecule has 4 aromatic carbocycles. The van der Waals surface area contributed by atoms with E-state index in [-0.39, 0.29) is 24.0 Å². The first-order valence-corrected chi connectivity index (χ1v) is 14.5. The minimum atomic E-state index is -0.505. The Bertz CT molecular complexity index is 1360. The molecule has 0 unspecified atom stereocenters. The van der Waals surface area contributed by atoms with Crippen molar-refractivity contribution in [2.24, 2.45) is 0 Å². The van der Waals surface area contributed by atoms with Crippen molar-refractivity contribution in [2.75, 3.05) is 20.3 Å². The van der Waals surface area contributed by atoms with Gasteiger partial charge in [-0.05, 0) is 40.8 Å². The van der Waals surface area contributed by atoms with Crippen LogP contribution >= 0.6 is 11.8 Å². The Morgan fingerprint density at radius 3 is 1.83 bits per heavy atom. The number of esters is 1. The molecule has 41 heavy (non-hydrogen) atoms. The van der Waals surface area contributed by atoms with E-state index in [4.69, 9.17) is 9.47 Å². The maximum absolute atomic E-state index is 13.3. The smallest absolute Gasteiger partial charge is 0.410 e. The summed E-state index contributed by atoms with van der Waals surface area (Å²) < 4.78 is 9.89. The summed E-state index contributed by atoms with van der Waals surface area (Å²) in [5.74, 6) is -0.392. The Morgan fingerprint density at radius 2 is 1.37 bits per heavy atom. The van der Waals surface area contributed by atoms with Crippen molar-refractivity contribution in [3.63, 3.8) is 0 Å². The van der Waals surface area contributed by atoms with Gasteiger partial charge in [0.2, 0.25) is 0 Å². The summed E-state index contributed by atoms with van der Waals surface area (Å²) in [5.41, 5.74) is 4.94. The molecule has 1 heterocycles. The zero-order chi connectivity index (χ0) is 28.7. The van der Waals surface area contributed by atoms with Gasteiger partial charge >= 0.3 is 12.1 Å². The average molecular weight is 564 g/mol. The van der Waals surface area contributed by atoms with E-state index < -0.39 is 10.7 Å². The third-order valence-corrected chi connectivity index (χ3v) is 9.16. The van der Waals surface area contributed by atoms with Crippen molar-refractivity contribution < 1.29 is 19.1 Å². The van der Waals surface area contributed by atoms with Crippen LogP contribution in [0.15, 0.2) is 128 Å². The molecule has 0 radical (unpaired) electrons. The lowest BCUT2D eigenvalue weighted by Crippen LogP contribution is -2.33. The van der Waals surface area contributed by atoms with E-state index in [1.807, 2.05) is 42.1 Å². The Labute approximate surface area is 245 Å². The monoisotopic (exact) mass is 563 g/mol. The second kappa shape index (κ2) is 12.9. The summed E-state index contributed by atoms with van der Waals surface area (Å²) in [5, 5.41) is 0.0807. The number of hydrogen-bond acceptors (Lipinski definition) is 5. The van der Waals surface area contributed by atoms with E-state index in [1.54, 1.807) is 23.1 Å². The second-order valence-corrected chi connectivity index (χ2v) is 11.4. The first kappa shape index (κ1) is 28.2. The molecule has 2 atom stereocenters. The van der Waals surface area contributed by atoms with Gasteiger partial charge in [0.25, 0.3) is 0 Å².